The maximum absolute atomic E-state index is 12.7. The average Bonchev–Trinajstić information content (AvgIpc) is 3.00. The van der Waals surface area contributed by atoms with Crippen LogP contribution in [0.2, 0.25) is 10.0 Å². The van der Waals surface area contributed by atoms with Crippen LogP contribution in [-0.4, -0.2) is 41.2 Å². The van der Waals surface area contributed by atoms with Crippen molar-refractivity contribution in [2.45, 2.75) is 32.2 Å². The monoisotopic (exact) mass is 462 g/mol. The van der Waals surface area contributed by atoms with Crippen molar-refractivity contribution in [1.82, 2.24) is 4.90 Å². The number of nitrogens with zero attached hydrogens (tertiary/aromatic N) is 1. The second-order valence-electron chi connectivity index (χ2n) is 6.97. The lowest BCUT2D eigenvalue weighted by Gasteiger charge is -2.24. The van der Waals surface area contributed by atoms with Crippen LogP contribution < -0.4 is 5.32 Å². The number of rotatable bonds is 8. The first-order valence-electron chi connectivity index (χ1n) is 9.72. The number of hydrogen-bond acceptors (Lipinski definition) is 5. The second kappa shape index (κ2) is 9.94. The van der Waals surface area contributed by atoms with E-state index in [1.54, 1.807) is 30.3 Å². The lowest BCUT2D eigenvalue weighted by Crippen LogP contribution is -2.46. The lowest BCUT2D eigenvalue weighted by molar-refractivity contribution is -0.151. The fraction of sp³-hybridized carbons (Fsp3) is 0.273. The molecule has 1 atom stereocenters. The number of halogens is 2. The van der Waals surface area contributed by atoms with Crippen molar-refractivity contribution in [3.05, 3.63) is 63.6 Å². The molecular weight excluding hydrogens is 443 g/mol. The van der Waals surface area contributed by atoms with Crippen molar-refractivity contribution < 1.29 is 23.9 Å². The standard InChI is InChI=1S/C22H20Cl2N2O5/c1-2-3-8-18(26-20(28)14-6-4-5-7-15(14)21(26)29)22(30)31-12-19(27)25-13-9-10-16(23)17(24)11-13/h4-7,9-11,18H,2-3,8,12H2,1H3,(H,25,27)/t18-/m1/s1. The number of nitrogens with one attached hydrogen (secondary N) is 1. The summed E-state index contributed by atoms with van der Waals surface area (Å²) in [6.45, 7) is 1.35. The topological polar surface area (TPSA) is 92.8 Å². The second-order valence-corrected chi connectivity index (χ2v) is 7.78. The van der Waals surface area contributed by atoms with E-state index in [1.807, 2.05) is 6.92 Å². The number of unbranched alkanes of at least 4 members (excludes halogenated alkanes) is 1. The molecule has 0 aromatic heterocycles. The summed E-state index contributed by atoms with van der Waals surface area (Å²) in [6.07, 6.45) is 1.60. The van der Waals surface area contributed by atoms with Crippen LogP contribution in [-0.2, 0) is 14.3 Å². The number of benzene rings is 2. The maximum Gasteiger partial charge on any atom is 0.329 e. The van der Waals surface area contributed by atoms with Crippen LogP contribution in [0.1, 0.15) is 46.9 Å². The number of carbonyl (C=O) groups is 4. The fourth-order valence-corrected chi connectivity index (χ4v) is 3.54. The molecule has 0 bridgehead atoms. The molecule has 1 aliphatic heterocycles. The molecule has 0 unspecified atom stereocenters. The molecular formula is C22H20Cl2N2O5. The first-order chi connectivity index (χ1) is 14.8. The van der Waals surface area contributed by atoms with E-state index in [4.69, 9.17) is 27.9 Å². The fourth-order valence-electron chi connectivity index (χ4n) is 3.24. The Kier molecular flexibility index (Phi) is 7.30. The van der Waals surface area contributed by atoms with Gasteiger partial charge in [-0.3, -0.25) is 19.3 Å². The van der Waals surface area contributed by atoms with Gasteiger partial charge in [0.05, 0.1) is 21.2 Å². The molecule has 31 heavy (non-hydrogen) atoms. The minimum Gasteiger partial charge on any atom is -0.454 e. The number of amides is 3. The maximum atomic E-state index is 12.7. The number of imide groups is 1. The van der Waals surface area contributed by atoms with E-state index >= 15 is 0 Å². The van der Waals surface area contributed by atoms with Crippen molar-refractivity contribution in [3.63, 3.8) is 0 Å². The lowest BCUT2D eigenvalue weighted by atomic mass is 10.1. The zero-order valence-corrected chi connectivity index (χ0v) is 18.2. The number of hydrogen-bond donors (Lipinski definition) is 1. The van der Waals surface area contributed by atoms with Gasteiger partial charge < -0.3 is 10.1 Å². The first-order valence-corrected chi connectivity index (χ1v) is 10.5. The van der Waals surface area contributed by atoms with Gasteiger partial charge in [0.15, 0.2) is 6.61 Å². The first kappa shape index (κ1) is 22.8. The highest BCUT2D eigenvalue weighted by atomic mass is 35.5. The highest BCUT2D eigenvalue weighted by Gasteiger charge is 2.43. The summed E-state index contributed by atoms with van der Waals surface area (Å²) >= 11 is 11.8. The van der Waals surface area contributed by atoms with E-state index in [0.717, 1.165) is 11.3 Å². The molecule has 1 N–H and O–H groups in total. The molecule has 162 valence electrons. The molecule has 7 nitrogen and oxygen atoms in total. The smallest absolute Gasteiger partial charge is 0.329 e. The van der Waals surface area contributed by atoms with Crippen molar-refractivity contribution in [3.8, 4) is 0 Å². The third kappa shape index (κ3) is 5.06. The Morgan fingerprint density at radius 2 is 1.68 bits per heavy atom. The van der Waals surface area contributed by atoms with Gasteiger partial charge in [0, 0.05) is 5.69 Å². The van der Waals surface area contributed by atoms with E-state index in [-0.39, 0.29) is 22.6 Å². The van der Waals surface area contributed by atoms with Crippen LogP contribution in [0, 0.1) is 0 Å². The van der Waals surface area contributed by atoms with Gasteiger partial charge in [0.1, 0.15) is 6.04 Å². The number of ether oxygens (including phenoxy) is 1. The van der Waals surface area contributed by atoms with Crippen LogP contribution in [0.25, 0.3) is 0 Å². The highest BCUT2D eigenvalue weighted by Crippen LogP contribution is 2.27. The summed E-state index contributed by atoms with van der Waals surface area (Å²) in [5.41, 5.74) is 0.886. The normalized spacial score (nSPS) is 13.7. The van der Waals surface area contributed by atoms with Gasteiger partial charge >= 0.3 is 5.97 Å². The zero-order valence-electron chi connectivity index (χ0n) is 16.7. The Bertz CT molecular complexity index is 1010. The summed E-state index contributed by atoms with van der Waals surface area (Å²) in [7, 11) is 0. The van der Waals surface area contributed by atoms with Gasteiger partial charge in [-0.1, -0.05) is 55.1 Å². The van der Waals surface area contributed by atoms with Crippen molar-refractivity contribution in [2.75, 3.05) is 11.9 Å². The molecule has 0 saturated carbocycles. The van der Waals surface area contributed by atoms with Crippen LogP contribution in [0.15, 0.2) is 42.5 Å². The zero-order chi connectivity index (χ0) is 22.5. The van der Waals surface area contributed by atoms with E-state index in [9.17, 15) is 19.2 Å². The van der Waals surface area contributed by atoms with Crippen LogP contribution in [0.4, 0.5) is 5.69 Å². The minimum atomic E-state index is -1.11. The molecule has 2 aromatic carbocycles. The Morgan fingerprint density at radius 3 is 2.26 bits per heavy atom. The van der Waals surface area contributed by atoms with Gasteiger partial charge in [-0.15, -0.1) is 0 Å². The number of carbonyl (C=O) groups excluding carboxylic acids is 4. The quantitative estimate of drug-likeness (QED) is 0.465. The summed E-state index contributed by atoms with van der Waals surface area (Å²) in [6, 6.07) is 9.83. The molecule has 0 saturated heterocycles. The Balaban J connectivity index is 1.68. The van der Waals surface area contributed by atoms with E-state index < -0.39 is 36.3 Å². The summed E-state index contributed by atoms with van der Waals surface area (Å²) in [4.78, 5) is 51.3. The highest BCUT2D eigenvalue weighted by molar-refractivity contribution is 6.42. The van der Waals surface area contributed by atoms with E-state index in [2.05, 4.69) is 5.32 Å². The van der Waals surface area contributed by atoms with Gasteiger partial charge in [-0.05, 0) is 36.8 Å². The van der Waals surface area contributed by atoms with Gasteiger partial charge in [-0.25, -0.2) is 4.79 Å². The van der Waals surface area contributed by atoms with Crippen molar-refractivity contribution >= 4 is 52.6 Å². The SMILES string of the molecule is CCCC[C@H](C(=O)OCC(=O)Nc1ccc(Cl)c(Cl)c1)N1C(=O)c2ccccc2C1=O. The molecule has 1 heterocycles. The third-order valence-electron chi connectivity index (χ3n) is 4.79. The molecule has 0 fully saturated rings. The summed E-state index contributed by atoms with van der Waals surface area (Å²) < 4.78 is 5.14. The van der Waals surface area contributed by atoms with Gasteiger partial charge in [0.25, 0.3) is 17.7 Å². The van der Waals surface area contributed by atoms with Gasteiger partial charge in [0.2, 0.25) is 0 Å². The predicted molar refractivity (Wildman–Crippen MR) is 116 cm³/mol. The van der Waals surface area contributed by atoms with Crippen LogP contribution in [0.5, 0.6) is 0 Å². The minimum absolute atomic E-state index is 0.245. The molecule has 9 heteroatoms. The Morgan fingerprint density at radius 1 is 1.03 bits per heavy atom. The molecule has 3 rings (SSSR count). The third-order valence-corrected chi connectivity index (χ3v) is 5.53. The number of fused-ring (bicyclic) bond motifs is 1. The predicted octanol–water partition coefficient (Wildman–Crippen LogP) is 4.33. The van der Waals surface area contributed by atoms with Crippen molar-refractivity contribution in [2.24, 2.45) is 0 Å². The van der Waals surface area contributed by atoms with E-state index in [0.29, 0.717) is 17.1 Å². The molecule has 0 spiro atoms. The largest absolute Gasteiger partial charge is 0.454 e. The summed E-state index contributed by atoms with van der Waals surface area (Å²) in [5.74, 6) is -2.49. The van der Waals surface area contributed by atoms with Crippen molar-refractivity contribution in [1.29, 1.82) is 0 Å². The molecule has 1 aliphatic rings. The van der Waals surface area contributed by atoms with E-state index in [1.165, 1.54) is 12.1 Å². The summed E-state index contributed by atoms with van der Waals surface area (Å²) in [5, 5.41) is 3.15. The van der Waals surface area contributed by atoms with Gasteiger partial charge in [-0.2, -0.15) is 0 Å². The van der Waals surface area contributed by atoms with Crippen LogP contribution >= 0.6 is 23.2 Å². The average molecular weight is 463 g/mol. The Hall–Kier alpha value is -2.90. The number of anilines is 1. The number of esters is 1. The molecule has 0 aliphatic carbocycles. The Labute approximate surface area is 189 Å². The molecule has 2 aromatic rings. The van der Waals surface area contributed by atoms with Crippen LogP contribution in [0.3, 0.4) is 0 Å². The molecule has 0 radical (unpaired) electrons. The molecule has 3 amide bonds.